The number of nitrogens with two attached hydrogens (primary N) is 2. The van der Waals surface area contributed by atoms with Gasteiger partial charge in [-0.3, -0.25) is 9.59 Å². The maximum atomic E-state index is 13.1. The lowest BCUT2D eigenvalue weighted by Crippen LogP contribution is -2.36. The highest BCUT2D eigenvalue weighted by Crippen LogP contribution is 2.27. The van der Waals surface area contributed by atoms with Gasteiger partial charge in [-0.15, -0.1) is 0 Å². The van der Waals surface area contributed by atoms with Crippen LogP contribution in [0.5, 0.6) is 0 Å². The number of oxazole rings is 1. The first kappa shape index (κ1) is 30.5. The Morgan fingerprint density at radius 1 is 1.00 bits per heavy atom. The van der Waals surface area contributed by atoms with Crippen molar-refractivity contribution < 1.29 is 18.4 Å². The molecule has 8 heteroatoms. The Kier molecular flexibility index (Phi) is 15.3. The zero-order chi connectivity index (χ0) is 26.1. The van der Waals surface area contributed by atoms with E-state index in [2.05, 4.69) is 10.3 Å². The number of carbonyl (C=O) groups is 2. The Morgan fingerprint density at radius 2 is 1.62 bits per heavy atom. The van der Waals surface area contributed by atoms with Gasteiger partial charge in [-0.25, -0.2) is 9.37 Å². The topological polar surface area (TPSA) is 124 Å². The number of anilines is 1. The summed E-state index contributed by atoms with van der Waals surface area (Å²) < 4.78 is 18.8. The molecule has 2 aromatic carbocycles. The molecule has 0 aliphatic rings. The van der Waals surface area contributed by atoms with Gasteiger partial charge in [-0.05, 0) is 48.9 Å². The van der Waals surface area contributed by atoms with Crippen LogP contribution in [0.15, 0.2) is 59.1 Å². The number of halogens is 1. The molecular formula is C26H37FN4O3. The zero-order valence-electron chi connectivity index (χ0n) is 20.9. The number of primary amides is 1. The maximum Gasteiger partial charge on any atom is 0.241 e. The Labute approximate surface area is 201 Å². The molecule has 3 rings (SSSR count). The molecule has 3 aromatic rings. The predicted molar refractivity (Wildman–Crippen MR) is 136 cm³/mol. The van der Waals surface area contributed by atoms with Crippen molar-refractivity contribution in [2.24, 2.45) is 11.5 Å². The Morgan fingerprint density at radius 3 is 2.21 bits per heavy atom. The number of benzene rings is 2. The molecule has 2 amide bonds. The fourth-order valence-corrected chi connectivity index (χ4v) is 2.55. The lowest BCUT2D eigenvalue weighted by Gasteiger charge is -2.11. The van der Waals surface area contributed by atoms with E-state index in [4.69, 9.17) is 15.9 Å². The van der Waals surface area contributed by atoms with Gasteiger partial charge in [0.25, 0.3) is 0 Å². The molecule has 34 heavy (non-hydrogen) atoms. The van der Waals surface area contributed by atoms with Crippen LogP contribution in [-0.2, 0) is 9.59 Å². The van der Waals surface area contributed by atoms with Crippen molar-refractivity contribution in [3.8, 4) is 22.8 Å². The first-order chi connectivity index (χ1) is 16.4. The highest BCUT2D eigenvalue weighted by atomic mass is 19.1. The number of hydrogen-bond acceptors (Lipinski definition) is 5. The van der Waals surface area contributed by atoms with E-state index in [0.717, 1.165) is 0 Å². The van der Waals surface area contributed by atoms with Crippen LogP contribution in [0.2, 0.25) is 0 Å². The molecule has 1 unspecified atom stereocenters. The molecule has 0 spiro atoms. The van der Waals surface area contributed by atoms with Gasteiger partial charge in [0.05, 0.1) is 12.2 Å². The lowest BCUT2D eigenvalue weighted by atomic mass is 10.1. The van der Waals surface area contributed by atoms with Crippen molar-refractivity contribution in [1.29, 1.82) is 0 Å². The van der Waals surface area contributed by atoms with Crippen molar-refractivity contribution in [2.45, 2.75) is 60.4 Å². The SMILES string of the molecule is CC.CC.CC.NC(=O)CCC(N)C(=O)Nc1cccc(-c2ncc(-c3ccc(F)cc3)o2)c1. The van der Waals surface area contributed by atoms with E-state index >= 15 is 0 Å². The molecule has 5 N–H and O–H groups in total. The van der Waals surface area contributed by atoms with E-state index in [-0.39, 0.29) is 18.7 Å². The monoisotopic (exact) mass is 472 g/mol. The number of carbonyl (C=O) groups excluding carboxylic acids is 2. The number of hydrogen-bond donors (Lipinski definition) is 3. The highest BCUT2D eigenvalue weighted by Gasteiger charge is 2.15. The molecule has 1 atom stereocenters. The molecule has 0 aliphatic heterocycles. The third-order valence-electron chi connectivity index (χ3n) is 4.05. The van der Waals surface area contributed by atoms with Crippen LogP contribution in [0.1, 0.15) is 54.4 Å². The zero-order valence-corrected chi connectivity index (χ0v) is 20.9. The summed E-state index contributed by atoms with van der Waals surface area (Å²) >= 11 is 0. The summed E-state index contributed by atoms with van der Waals surface area (Å²) in [5.74, 6) is -0.406. The fraction of sp³-hybridized carbons (Fsp3) is 0.346. The second-order valence-corrected chi connectivity index (χ2v) is 6.22. The molecular weight excluding hydrogens is 435 g/mol. The summed E-state index contributed by atoms with van der Waals surface area (Å²) in [6.07, 6.45) is 1.76. The minimum atomic E-state index is -0.844. The van der Waals surface area contributed by atoms with Gasteiger partial charge in [0.15, 0.2) is 5.76 Å². The standard InChI is InChI=1S/C20H19FN4O3.3C2H6/c21-14-6-4-12(5-7-14)17-11-24-20(28-17)13-2-1-3-15(10-13)25-19(27)16(22)8-9-18(23)26;3*1-2/h1-7,10-11,16H,8-9,22H2,(H2,23,26)(H,25,27);3*1-2H3. The van der Waals surface area contributed by atoms with Crippen LogP contribution in [-0.4, -0.2) is 22.8 Å². The minimum absolute atomic E-state index is 0.0388. The molecule has 0 fully saturated rings. The number of rotatable bonds is 7. The first-order valence-corrected chi connectivity index (χ1v) is 11.6. The molecule has 0 aliphatic carbocycles. The van der Waals surface area contributed by atoms with Crippen molar-refractivity contribution in [2.75, 3.05) is 5.32 Å². The van der Waals surface area contributed by atoms with Crippen molar-refractivity contribution >= 4 is 17.5 Å². The molecule has 1 aromatic heterocycles. The van der Waals surface area contributed by atoms with E-state index in [1.165, 1.54) is 12.1 Å². The third-order valence-corrected chi connectivity index (χ3v) is 4.05. The molecule has 0 saturated carbocycles. The predicted octanol–water partition coefficient (Wildman–Crippen LogP) is 5.76. The normalized spacial score (nSPS) is 10.2. The second kappa shape index (κ2) is 17.0. The number of nitrogens with one attached hydrogen (secondary N) is 1. The Hall–Kier alpha value is -3.52. The van der Waals surface area contributed by atoms with Gasteiger partial charge in [0, 0.05) is 23.2 Å². The van der Waals surface area contributed by atoms with Gasteiger partial charge in [-0.1, -0.05) is 47.6 Å². The average Bonchev–Trinajstić information content (AvgIpc) is 3.37. The van der Waals surface area contributed by atoms with Crippen LogP contribution in [0.4, 0.5) is 10.1 Å². The van der Waals surface area contributed by atoms with Gasteiger partial charge in [0.2, 0.25) is 17.7 Å². The number of amides is 2. The van der Waals surface area contributed by atoms with E-state index in [9.17, 15) is 14.0 Å². The van der Waals surface area contributed by atoms with Crippen molar-refractivity contribution in [3.05, 3.63) is 60.5 Å². The molecule has 0 bridgehead atoms. The van der Waals surface area contributed by atoms with Crippen molar-refractivity contribution in [3.63, 3.8) is 0 Å². The Bertz CT molecular complexity index is 988. The van der Waals surface area contributed by atoms with Gasteiger partial charge in [-0.2, -0.15) is 0 Å². The quantitative estimate of drug-likeness (QED) is 0.403. The summed E-state index contributed by atoms with van der Waals surface area (Å²) in [4.78, 5) is 27.2. The second-order valence-electron chi connectivity index (χ2n) is 6.22. The maximum absolute atomic E-state index is 13.1. The molecule has 7 nitrogen and oxygen atoms in total. The van der Waals surface area contributed by atoms with E-state index in [0.29, 0.717) is 28.5 Å². The molecule has 1 heterocycles. The van der Waals surface area contributed by atoms with E-state index in [1.54, 1.807) is 42.6 Å². The summed E-state index contributed by atoms with van der Waals surface area (Å²) in [7, 11) is 0. The van der Waals surface area contributed by atoms with Gasteiger partial charge < -0.3 is 21.2 Å². The Balaban J connectivity index is 0.00000168. The van der Waals surface area contributed by atoms with Crippen LogP contribution < -0.4 is 16.8 Å². The van der Waals surface area contributed by atoms with Gasteiger partial charge >= 0.3 is 0 Å². The summed E-state index contributed by atoms with van der Waals surface area (Å²) in [6, 6.07) is 12.0. The average molecular weight is 473 g/mol. The van der Waals surface area contributed by atoms with Crippen LogP contribution in [0.3, 0.4) is 0 Å². The van der Waals surface area contributed by atoms with Crippen molar-refractivity contribution in [1.82, 2.24) is 4.98 Å². The van der Waals surface area contributed by atoms with Crippen LogP contribution in [0.25, 0.3) is 22.8 Å². The fourth-order valence-electron chi connectivity index (χ4n) is 2.55. The number of aromatic nitrogens is 1. The molecule has 0 radical (unpaired) electrons. The van der Waals surface area contributed by atoms with Crippen LogP contribution >= 0.6 is 0 Å². The molecule has 0 saturated heterocycles. The first-order valence-electron chi connectivity index (χ1n) is 11.6. The summed E-state index contributed by atoms with van der Waals surface area (Å²) in [6.45, 7) is 12.0. The summed E-state index contributed by atoms with van der Waals surface area (Å²) in [5, 5.41) is 2.69. The lowest BCUT2D eigenvalue weighted by molar-refractivity contribution is -0.119. The number of nitrogens with zero attached hydrogens (tertiary/aromatic N) is 1. The summed E-state index contributed by atoms with van der Waals surface area (Å²) in [5.41, 5.74) is 12.7. The third kappa shape index (κ3) is 9.95. The highest BCUT2D eigenvalue weighted by molar-refractivity contribution is 5.95. The smallest absolute Gasteiger partial charge is 0.241 e. The minimum Gasteiger partial charge on any atom is -0.436 e. The largest absolute Gasteiger partial charge is 0.436 e. The van der Waals surface area contributed by atoms with E-state index in [1.807, 2.05) is 41.5 Å². The van der Waals surface area contributed by atoms with Crippen LogP contribution in [0, 0.1) is 5.82 Å². The molecule has 186 valence electrons. The van der Waals surface area contributed by atoms with E-state index < -0.39 is 17.9 Å². The van der Waals surface area contributed by atoms with Gasteiger partial charge in [0.1, 0.15) is 5.82 Å².